The average Bonchev–Trinajstić information content (AvgIpc) is 3.33. The normalized spacial score (nSPS) is 22.8. The van der Waals surface area contributed by atoms with Crippen LogP contribution < -0.4 is 14.4 Å². The molecule has 3 aliphatic rings. The molecule has 1 unspecified atom stereocenters. The summed E-state index contributed by atoms with van der Waals surface area (Å²) < 4.78 is 47.0. The zero-order valence-electron chi connectivity index (χ0n) is 22.0. The molecular weight excluding hydrogens is 510 g/mol. The maximum atomic E-state index is 12.3. The van der Waals surface area contributed by atoms with Crippen LogP contribution in [0.2, 0.25) is 0 Å². The number of allylic oxidation sites excluding steroid dienone is 1. The summed E-state index contributed by atoms with van der Waals surface area (Å²) in [4.78, 5) is 7.61. The van der Waals surface area contributed by atoms with E-state index in [1.165, 1.54) is 66.6 Å². The van der Waals surface area contributed by atoms with E-state index in [1.54, 1.807) is 0 Å². The number of benzene rings is 2. The Bertz CT molecular complexity index is 1070. The number of nitrogens with zero attached hydrogens (tertiary/aromatic N) is 3. The second kappa shape index (κ2) is 11.7. The van der Waals surface area contributed by atoms with E-state index in [0.29, 0.717) is 5.75 Å². The van der Waals surface area contributed by atoms with Crippen LogP contribution in [0.1, 0.15) is 38.2 Å². The molecule has 2 aromatic carbocycles. The van der Waals surface area contributed by atoms with Gasteiger partial charge in [-0.15, -0.1) is 13.2 Å². The monoisotopic (exact) mass is 547 g/mol. The van der Waals surface area contributed by atoms with Crippen molar-refractivity contribution in [3.8, 4) is 11.5 Å². The van der Waals surface area contributed by atoms with Crippen molar-refractivity contribution in [3.63, 3.8) is 0 Å². The average molecular weight is 548 g/mol. The quantitative estimate of drug-likeness (QED) is 0.338. The van der Waals surface area contributed by atoms with Gasteiger partial charge in [-0.1, -0.05) is 33.6 Å². The van der Waals surface area contributed by atoms with E-state index in [9.17, 15) is 13.2 Å². The number of ether oxygens (including phenoxy) is 2. The van der Waals surface area contributed by atoms with Gasteiger partial charge in [-0.2, -0.15) is 0 Å². The maximum Gasteiger partial charge on any atom is 0.573 e. The lowest BCUT2D eigenvalue weighted by atomic mass is 10.1. The van der Waals surface area contributed by atoms with E-state index in [1.807, 2.05) is 0 Å². The van der Waals surface area contributed by atoms with E-state index >= 15 is 0 Å². The minimum absolute atomic E-state index is 0.0400. The van der Waals surface area contributed by atoms with Gasteiger partial charge in [0, 0.05) is 63.2 Å². The molecule has 9 heteroatoms. The lowest BCUT2D eigenvalue weighted by Crippen LogP contribution is -2.38. The van der Waals surface area contributed by atoms with Crippen LogP contribution >= 0.6 is 7.92 Å². The molecule has 2 atom stereocenters. The first-order valence-electron chi connectivity index (χ1n) is 13.5. The zero-order chi connectivity index (χ0) is 26.7. The maximum absolute atomic E-state index is 12.3. The van der Waals surface area contributed by atoms with Gasteiger partial charge in [0.05, 0.1) is 5.78 Å². The highest BCUT2D eigenvalue weighted by Gasteiger charge is 2.38. The molecule has 3 aliphatic heterocycles. The van der Waals surface area contributed by atoms with Gasteiger partial charge >= 0.3 is 6.36 Å². The molecule has 3 saturated heterocycles. The van der Waals surface area contributed by atoms with E-state index in [-0.39, 0.29) is 19.8 Å². The number of fused-ring (bicyclic) bond motifs is 1. The lowest BCUT2D eigenvalue weighted by molar-refractivity contribution is -0.274. The number of anilines is 1. The van der Waals surface area contributed by atoms with Gasteiger partial charge in [-0.3, -0.25) is 4.90 Å². The summed E-state index contributed by atoms with van der Waals surface area (Å²) in [5, 5.41) is 0. The summed E-state index contributed by atoms with van der Waals surface area (Å²) >= 11 is 0. The molecule has 0 N–H and O–H groups in total. The molecule has 0 saturated carbocycles. The predicted octanol–water partition coefficient (Wildman–Crippen LogP) is 6.84. The molecule has 5 rings (SSSR count). The van der Waals surface area contributed by atoms with Crippen molar-refractivity contribution < 1.29 is 22.6 Å². The van der Waals surface area contributed by atoms with Crippen molar-refractivity contribution >= 4 is 13.6 Å². The van der Waals surface area contributed by atoms with Crippen molar-refractivity contribution in [3.05, 3.63) is 66.4 Å². The molecule has 2 aromatic rings. The molecule has 0 spiro atoms. The number of rotatable bonds is 8. The summed E-state index contributed by atoms with van der Waals surface area (Å²) in [6.07, 6.45) is 1.97. The first kappa shape index (κ1) is 27.1. The third kappa shape index (κ3) is 6.76. The molecule has 3 fully saturated rings. The summed E-state index contributed by atoms with van der Waals surface area (Å²) in [6, 6.07) is 14.6. The number of piperidine rings is 1. The van der Waals surface area contributed by atoms with Crippen molar-refractivity contribution in [2.75, 3.05) is 43.5 Å². The highest BCUT2D eigenvalue weighted by atomic mass is 31.1. The Morgan fingerprint density at radius 3 is 2.29 bits per heavy atom. The fraction of sp³-hybridized carbons (Fsp3) is 0.517. The Kier molecular flexibility index (Phi) is 8.39. The third-order valence-corrected chi connectivity index (χ3v) is 10.7. The number of hydrogen-bond donors (Lipinski definition) is 0. The standard InChI is InChI=1S/C29H37F3N3O2P/c1-3-22(2)35-18-19-38-21-33(15-14-28(35)38)20-23-4-6-24(7-5-23)34-16-12-26(13-17-34)36-25-8-10-27(11-9-25)37-29(30,31)32/h4-11,26,28H,2-3,12-21H2,1H3/t28-,38?/m0/s1. The van der Waals surface area contributed by atoms with E-state index in [4.69, 9.17) is 4.74 Å². The van der Waals surface area contributed by atoms with Gasteiger partial charge in [0.1, 0.15) is 17.6 Å². The fourth-order valence-corrected chi connectivity index (χ4v) is 8.79. The topological polar surface area (TPSA) is 28.2 Å². The second-order valence-corrected chi connectivity index (χ2v) is 12.9. The molecule has 0 bridgehead atoms. The van der Waals surface area contributed by atoms with Crippen molar-refractivity contribution in [2.24, 2.45) is 0 Å². The lowest BCUT2D eigenvalue weighted by Gasteiger charge is -2.39. The largest absolute Gasteiger partial charge is 0.573 e. The zero-order valence-corrected chi connectivity index (χ0v) is 22.9. The van der Waals surface area contributed by atoms with Gasteiger partial charge in [0.25, 0.3) is 0 Å². The summed E-state index contributed by atoms with van der Waals surface area (Å²) in [6.45, 7) is 11.6. The number of hydrogen-bond acceptors (Lipinski definition) is 5. The Hall–Kier alpha value is -2.44. The molecule has 0 aliphatic carbocycles. The van der Waals surface area contributed by atoms with Crippen LogP contribution in [-0.2, 0) is 6.54 Å². The van der Waals surface area contributed by atoms with Crippen LogP contribution in [0.5, 0.6) is 11.5 Å². The Morgan fingerprint density at radius 1 is 0.947 bits per heavy atom. The van der Waals surface area contributed by atoms with E-state index in [0.717, 1.165) is 51.2 Å². The fourth-order valence-electron chi connectivity index (χ4n) is 5.78. The molecular formula is C29H37F3N3O2P. The van der Waals surface area contributed by atoms with Crippen LogP contribution in [-0.4, -0.2) is 66.7 Å². The highest BCUT2D eigenvalue weighted by Crippen LogP contribution is 2.53. The van der Waals surface area contributed by atoms with E-state index < -0.39 is 6.36 Å². The molecule has 0 amide bonds. The number of alkyl halides is 3. The van der Waals surface area contributed by atoms with Gasteiger partial charge in [0.2, 0.25) is 0 Å². The van der Waals surface area contributed by atoms with Crippen molar-refractivity contribution in [1.29, 1.82) is 0 Å². The Balaban J connectivity index is 1.07. The van der Waals surface area contributed by atoms with Gasteiger partial charge < -0.3 is 19.3 Å². The Labute approximate surface area is 224 Å². The molecule has 0 radical (unpaired) electrons. The van der Waals surface area contributed by atoms with Crippen molar-refractivity contribution in [1.82, 2.24) is 9.80 Å². The Morgan fingerprint density at radius 2 is 1.63 bits per heavy atom. The second-order valence-electron chi connectivity index (χ2n) is 10.4. The molecule has 5 nitrogen and oxygen atoms in total. The first-order chi connectivity index (χ1) is 18.3. The van der Waals surface area contributed by atoms with Crippen LogP contribution in [0.15, 0.2) is 60.8 Å². The van der Waals surface area contributed by atoms with E-state index in [2.05, 4.69) is 57.2 Å². The predicted molar refractivity (Wildman–Crippen MR) is 147 cm³/mol. The smallest absolute Gasteiger partial charge is 0.490 e. The van der Waals surface area contributed by atoms with Crippen LogP contribution in [0.3, 0.4) is 0 Å². The molecule has 206 valence electrons. The minimum Gasteiger partial charge on any atom is -0.490 e. The van der Waals surface area contributed by atoms with Gasteiger partial charge in [-0.25, -0.2) is 0 Å². The third-order valence-electron chi connectivity index (χ3n) is 7.82. The molecule has 3 heterocycles. The summed E-state index contributed by atoms with van der Waals surface area (Å²) in [5.74, 6) is 1.07. The molecule has 38 heavy (non-hydrogen) atoms. The summed E-state index contributed by atoms with van der Waals surface area (Å²) in [5.41, 5.74) is 3.91. The van der Waals surface area contributed by atoms with Gasteiger partial charge in [0.15, 0.2) is 0 Å². The van der Waals surface area contributed by atoms with Crippen LogP contribution in [0.4, 0.5) is 18.9 Å². The van der Waals surface area contributed by atoms with Crippen molar-refractivity contribution in [2.45, 2.75) is 57.4 Å². The summed E-state index contributed by atoms with van der Waals surface area (Å²) in [7, 11) is 0.0400. The number of halogens is 3. The van der Waals surface area contributed by atoms with Crippen LogP contribution in [0.25, 0.3) is 0 Å². The highest BCUT2D eigenvalue weighted by molar-refractivity contribution is 7.58. The molecule has 0 aromatic heterocycles. The van der Waals surface area contributed by atoms with Gasteiger partial charge in [-0.05, 0) is 61.0 Å². The first-order valence-corrected chi connectivity index (χ1v) is 15.3. The minimum atomic E-state index is -4.69. The van der Waals surface area contributed by atoms with Crippen LogP contribution in [0, 0.1) is 0 Å². The SMILES string of the molecule is C=C(CC)N1CCP2CN(Cc3ccc(N4CCC(Oc5ccc(OC(F)(F)F)cc5)CC4)cc3)CC[C@@H]12.